The predicted molar refractivity (Wildman–Crippen MR) is 75.6 cm³/mol. The maximum absolute atomic E-state index is 5.88. The van der Waals surface area contributed by atoms with E-state index in [2.05, 4.69) is 30.4 Å². The molecule has 19 heavy (non-hydrogen) atoms. The molecule has 0 aliphatic carbocycles. The summed E-state index contributed by atoms with van der Waals surface area (Å²) in [6, 6.07) is 7.00. The molecule has 0 radical (unpaired) electrons. The fraction of sp³-hybridized carbons (Fsp3) is 0.625. The molecule has 2 aliphatic rings. The number of para-hydroxylation sites is 1. The second kappa shape index (κ2) is 5.93. The van der Waals surface area contributed by atoms with Gasteiger partial charge in [0, 0.05) is 31.2 Å². The highest BCUT2D eigenvalue weighted by Crippen LogP contribution is 2.38. The lowest BCUT2D eigenvalue weighted by atomic mass is 9.86. The molecule has 1 saturated heterocycles. The zero-order chi connectivity index (χ0) is 13.1. The molecule has 0 amide bonds. The number of hydrogen-bond acceptors (Lipinski definition) is 3. The Morgan fingerprint density at radius 1 is 1.26 bits per heavy atom. The van der Waals surface area contributed by atoms with Crippen LogP contribution in [0.25, 0.3) is 0 Å². The lowest BCUT2D eigenvalue weighted by Crippen LogP contribution is -2.32. The summed E-state index contributed by atoms with van der Waals surface area (Å²) >= 11 is 0. The van der Waals surface area contributed by atoms with Crippen LogP contribution in [0, 0.1) is 5.92 Å². The molecule has 1 aromatic rings. The molecule has 1 N–H and O–H groups in total. The molecule has 2 heterocycles. The van der Waals surface area contributed by atoms with Gasteiger partial charge in [-0.25, -0.2) is 0 Å². The largest absolute Gasteiger partial charge is 0.493 e. The van der Waals surface area contributed by atoms with Crippen LogP contribution >= 0.6 is 0 Å². The quantitative estimate of drug-likeness (QED) is 0.904. The molecular formula is C16H23NO2. The van der Waals surface area contributed by atoms with Gasteiger partial charge in [0.15, 0.2) is 0 Å². The van der Waals surface area contributed by atoms with Crippen LogP contribution in [-0.4, -0.2) is 26.4 Å². The second-order valence-corrected chi connectivity index (χ2v) is 5.42. The minimum atomic E-state index is 0.405. The van der Waals surface area contributed by atoms with E-state index in [1.165, 1.54) is 11.1 Å². The van der Waals surface area contributed by atoms with Crippen LogP contribution in [0.3, 0.4) is 0 Å². The van der Waals surface area contributed by atoms with Crippen molar-refractivity contribution in [2.45, 2.75) is 32.2 Å². The summed E-state index contributed by atoms with van der Waals surface area (Å²) in [7, 11) is 0. The van der Waals surface area contributed by atoms with E-state index in [0.717, 1.165) is 51.4 Å². The van der Waals surface area contributed by atoms with Crippen LogP contribution in [0.4, 0.5) is 0 Å². The Bertz CT molecular complexity index is 427. The van der Waals surface area contributed by atoms with E-state index in [1.54, 1.807) is 0 Å². The Labute approximate surface area is 115 Å². The van der Waals surface area contributed by atoms with Gasteiger partial charge in [-0.1, -0.05) is 25.1 Å². The topological polar surface area (TPSA) is 30.5 Å². The first-order valence-electron chi connectivity index (χ1n) is 7.46. The van der Waals surface area contributed by atoms with Crippen LogP contribution in [0.5, 0.6) is 5.75 Å². The summed E-state index contributed by atoms with van der Waals surface area (Å²) < 4.78 is 11.4. The number of fused-ring (bicyclic) bond motifs is 1. The highest BCUT2D eigenvalue weighted by atomic mass is 16.5. The van der Waals surface area contributed by atoms with Gasteiger partial charge in [0.2, 0.25) is 0 Å². The Morgan fingerprint density at radius 3 is 2.89 bits per heavy atom. The van der Waals surface area contributed by atoms with Gasteiger partial charge in [-0.2, -0.15) is 0 Å². The fourth-order valence-electron chi connectivity index (χ4n) is 3.29. The molecule has 0 bridgehead atoms. The summed E-state index contributed by atoms with van der Waals surface area (Å²) in [6.45, 7) is 5.78. The van der Waals surface area contributed by atoms with Crippen molar-refractivity contribution in [2.24, 2.45) is 5.92 Å². The van der Waals surface area contributed by atoms with Gasteiger partial charge >= 0.3 is 0 Å². The fourth-order valence-corrected chi connectivity index (χ4v) is 3.29. The first-order valence-corrected chi connectivity index (χ1v) is 7.46. The third-order valence-corrected chi connectivity index (χ3v) is 4.24. The molecule has 2 aliphatic heterocycles. The number of nitrogens with one attached hydrogen (secondary N) is 1. The summed E-state index contributed by atoms with van der Waals surface area (Å²) in [5.74, 6) is 1.80. The van der Waals surface area contributed by atoms with Gasteiger partial charge in [-0.05, 0) is 30.9 Å². The molecule has 1 unspecified atom stereocenters. The van der Waals surface area contributed by atoms with Crippen molar-refractivity contribution >= 4 is 0 Å². The number of hydrogen-bond donors (Lipinski definition) is 1. The van der Waals surface area contributed by atoms with Gasteiger partial charge in [-0.3, -0.25) is 0 Å². The summed E-state index contributed by atoms with van der Waals surface area (Å²) in [4.78, 5) is 0. The summed E-state index contributed by atoms with van der Waals surface area (Å²) in [5, 5.41) is 3.66. The molecule has 3 heteroatoms. The minimum Gasteiger partial charge on any atom is -0.493 e. The summed E-state index contributed by atoms with van der Waals surface area (Å²) in [6.07, 6.45) is 3.33. The molecule has 0 aromatic heterocycles. The van der Waals surface area contributed by atoms with Gasteiger partial charge in [-0.15, -0.1) is 0 Å². The zero-order valence-corrected chi connectivity index (χ0v) is 11.7. The lowest BCUT2D eigenvalue weighted by Gasteiger charge is -2.32. The first kappa shape index (κ1) is 12.9. The van der Waals surface area contributed by atoms with Crippen molar-refractivity contribution in [3.05, 3.63) is 29.3 Å². The highest BCUT2D eigenvalue weighted by Gasteiger charge is 2.29. The van der Waals surface area contributed by atoms with Gasteiger partial charge in [0.1, 0.15) is 5.75 Å². The molecule has 104 valence electrons. The van der Waals surface area contributed by atoms with Crippen LogP contribution in [0.2, 0.25) is 0 Å². The average Bonchev–Trinajstić information content (AvgIpc) is 2.94. The van der Waals surface area contributed by atoms with E-state index >= 15 is 0 Å². The van der Waals surface area contributed by atoms with Crippen molar-refractivity contribution in [3.63, 3.8) is 0 Å². The second-order valence-electron chi connectivity index (χ2n) is 5.42. The standard InChI is InChI=1S/C16H23NO2/c1-2-17-15(12-6-9-18-10-7-12)14-5-3-4-13-8-11-19-16(13)14/h3-5,12,15,17H,2,6-11H2,1H3. The Hall–Kier alpha value is -1.06. The summed E-state index contributed by atoms with van der Waals surface area (Å²) in [5.41, 5.74) is 2.72. The van der Waals surface area contributed by atoms with E-state index in [1.807, 2.05) is 0 Å². The van der Waals surface area contributed by atoms with Crippen LogP contribution in [0.1, 0.15) is 36.9 Å². The van der Waals surface area contributed by atoms with E-state index < -0.39 is 0 Å². The Morgan fingerprint density at radius 2 is 2.11 bits per heavy atom. The van der Waals surface area contributed by atoms with E-state index in [-0.39, 0.29) is 0 Å². The van der Waals surface area contributed by atoms with Crippen LogP contribution < -0.4 is 10.1 Å². The third-order valence-electron chi connectivity index (χ3n) is 4.24. The number of ether oxygens (including phenoxy) is 2. The molecule has 1 fully saturated rings. The molecule has 3 rings (SSSR count). The SMILES string of the molecule is CCNC(c1cccc2c1OCC2)C1CCOCC1. The van der Waals surface area contributed by atoms with Gasteiger partial charge in [0.25, 0.3) is 0 Å². The zero-order valence-electron chi connectivity index (χ0n) is 11.7. The number of rotatable bonds is 4. The molecule has 0 spiro atoms. The smallest absolute Gasteiger partial charge is 0.127 e. The van der Waals surface area contributed by atoms with Crippen molar-refractivity contribution in [3.8, 4) is 5.75 Å². The first-order chi connectivity index (χ1) is 9.40. The van der Waals surface area contributed by atoms with Crippen molar-refractivity contribution in [2.75, 3.05) is 26.4 Å². The van der Waals surface area contributed by atoms with Crippen LogP contribution in [-0.2, 0) is 11.2 Å². The molecule has 1 aromatic carbocycles. The van der Waals surface area contributed by atoms with E-state index in [9.17, 15) is 0 Å². The normalized spacial score (nSPS) is 20.9. The Kier molecular flexibility index (Phi) is 4.04. The highest BCUT2D eigenvalue weighted by molar-refractivity contribution is 5.45. The van der Waals surface area contributed by atoms with Crippen molar-refractivity contribution in [1.29, 1.82) is 0 Å². The molecule has 1 atom stereocenters. The van der Waals surface area contributed by atoms with E-state index in [4.69, 9.17) is 9.47 Å². The molecular weight excluding hydrogens is 238 g/mol. The molecule has 0 saturated carbocycles. The lowest BCUT2D eigenvalue weighted by molar-refractivity contribution is 0.0535. The monoisotopic (exact) mass is 261 g/mol. The minimum absolute atomic E-state index is 0.405. The van der Waals surface area contributed by atoms with Crippen molar-refractivity contribution < 1.29 is 9.47 Å². The van der Waals surface area contributed by atoms with Gasteiger partial charge in [0.05, 0.1) is 6.61 Å². The average molecular weight is 261 g/mol. The number of benzene rings is 1. The Balaban J connectivity index is 1.89. The van der Waals surface area contributed by atoms with Crippen molar-refractivity contribution in [1.82, 2.24) is 5.32 Å². The van der Waals surface area contributed by atoms with Crippen LogP contribution in [0.15, 0.2) is 18.2 Å². The third kappa shape index (κ3) is 2.63. The predicted octanol–water partition coefficient (Wildman–Crippen LogP) is 2.70. The van der Waals surface area contributed by atoms with E-state index in [0.29, 0.717) is 12.0 Å². The maximum Gasteiger partial charge on any atom is 0.127 e. The molecule has 3 nitrogen and oxygen atoms in total. The van der Waals surface area contributed by atoms with Gasteiger partial charge < -0.3 is 14.8 Å². The maximum atomic E-state index is 5.88.